The van der Waals surface area contributed by atoms with Crippen molar-refractivity contribution in [3.05, 3.63) is 24.2 Å². The van der Waals surface area contributed by atoms with E-state index in [0.717, 1.165) is 11.5 Å². The molecule has 4 nitrogen and oxygen atoms in total. The maximum atomic E-state index is 5.19. The van der Waals surface area contributed by atoms with Crippen molar-refractivity contribution < 1.29 is 4.42 Å². The highest BCUT2D eigenvalue weighted by molar-refractivity contribution is 7.80. The largest absolute Gasteiger partial charge is 0.463 e. The molecule has 0 unspecified atom stereocenters. The summed E-state index contributed by atoms with van der Waals surface area (Å²) in [6.07, 6.45) is 4.01. The molecule has 0 atom stereocenters. The van der Waals surface area contributed by atoms with E-state index in [0.29, 0.717) is 11.2 Å². The second-order valence-corrected chi connectivity index (χ2v) is 3.94. The highest BCUT2D eigenvalue weighted by atomic mass is 32.1. The third-order valence-corrected chi connectivity index (χ3v) is 2.32. The first kappa shape index (κ1) is 10.2. The van der Waals surface area contributed by atoms with Gasteiger partial charge in [-0.1, -0.05) is 0 Å². The summed E-state index contributed by atoms with van der Waals surface area (Å²) in [6, 6.07) is 4.23. The SMILES string of the molecule is CC(=NNC(=S)NC1CC1)c1ccco1. The number of nitrogens with one attached hydrogen (secondary N) is 2. The van der Waals surface area contributed by atoms with Crippen LogP contribution in [0.15, 0.2) is 27.9 Å². The first-order chi connectivity index (χ1) is 7.25. The smallest absolute Gasteiger partial charge is 0.187 e. The standard InChI is InChI=1S/C10H13N3OS/c1-7(9-3-2-6-14-9)12-13-10(15)11-8-4-5-8/h2-3,6,8H,4-5H2,1H3,(H2,11,13,15). The van der Waals surface area contributed by atoms with Crippen molar-refractivity contribution in [1.29, 1.82) is 0 Å². The van der Waals surface area contributed by atoms with Crippen molar-refractivity contribution in [2.24, 2.45) is 5.10 Å². The number of nitrogens with zero attached hydrogens (tertiary/aromatic N) is 1. The number of hydrogen-bond acceptors (Lipinski definition) is 3. The molecule has 0 radical (unpaired) electrons. The fraction of sp³-hybridized carbons (Fsp3) is 0.400. The van der Waals surface area contributed by atoms with Crippen LogP contribution in [0.2, 0.25) is 0 Å². The highest BCUT2D eigenvalue weighted by Crippen LogP contribution is 2.18. The van der Waals surface area contributed by atoms with Gasteiger partial charge in [-0.2, -0.15) is 5.10 Å². The fourth-order valence-electron chi connectivity index (χ4n) is 1.12. The second kappa shape index (κ2) is 4.44. The quantitative estimate of drug-likeness (QED) is 0.464. The van der Waals surface area contributed by atoms with Crippen LogP contribution < -0.4 is 10.7 Å². The zero-order valence-corrected chi connectivity index (χ0v) is 9.30. The van der Waals surface area contributed by atoms with Crippen LogP contribution in [-0.2, 0) is 0 Å². The van der Waals surface area contributed by atoms with Crippen molar-refractivity contribution in [2.45, 2.75) is 25.8 Å². The lowest BCUT2D eigenvalue weighted by atomic mass is 10.3. The van der Waals surface area contributed by atoms with Gasteiger partial charge in [-0.15, -0.1) is 0 Å². The molecule has 80 valence electrons. The molecule has 1 heterocycles. The molecule has 1 fully saturated rings. The lowest BCUT2D eigenvalue weighted by Crippen LogP contribution is -2.33. The summed E-state index contributed by atoms with van der Waals surface area (Å²) in [4.78, 5) is 0. The van der Waals surface area contributed by atoms with Crippen LogP contribution >= 0.6 is 12.2 Å². The van der Waals surface area contributed by atoms with Crippen LogP contribution in [0.4, 0.5) is 0 Å². The van der Waals surface area contributed by atoms with Gasteiger partial charge in [-0.25, -0.2) is 0 Å². The van der Waals surface area contributed by atoms with Gasteiger partial charge in [-0.3, -0.25) is 5.43 Å². The molecule has 15 heavy (non-hydrogen) atoms. The van der Waals surface area contributed by atoms with Gasteiger partial charge in [-0.05, 0) is 44.1 Å². The Balaban J connectivity index is 1.84. The van der Waals surface area contributed by atoms with E-state index < -0.39 is 0 Å². The van der Waals surface area contributed by atoms with Crippen LogP contribution in [0.25, 0.3) is 0 Å². The molecule has 1 aliphatic rings. The molecule has 1 saturated carbocycles. The minimum Gasteiger partial charge on any atom is -0.463 e. The molecule has 0 aromatic carbocycles. The van der Waals surface area contributed by atoms with E-state index in [1.807, 2.05) is 19.1 Å². The Labute approximate surface area is 93.7 Å². The number of furan rings is 1. The molecule has 1 aromatic heterocycles. The Kier molecular flexibility index (Phi) is 3.01. The van der Waals surface area contributed by atoms with Crippen molar-refractivity contribution in [2.75, 3.05) is 0 Å². The highest BCUT2D eigenvalue weighted by Gasteiger charge is 2.21. The summed E-state index contributed by atoms with van der Waals surface area (Å²) >= 11 is 5.06. The van der Waals surface area contributed by atoms with Gasteiger partial charge < -0.3 is 9.73 Å². The summed E-state index contributed by atoms with van der Waals surface area (Å²) < 4.78 is 5.19. The summed E-state index contributed by atoms with van der Waals surface area (Å²) in [5.74, 6) is 0.747. The van der Waals surface area contributed by atoms with Gasteiger partial charge >= 0.3 is 0 Å². The Morgan fingerprint density at radius 3 is 3.00 bits per heavy atom. The van der Waals surface area contributed by atoms with E-state index in [4.69, 9.17) is 16.6 Å². The van der Waals surface area contributed by atoms with Gasteiger partial charge in [0.15, 0.2) is 5.11 Å². The summed E-state index contributed by atoms with van der Waals surface area (Å²) in [5, 5.41) is 7.83. The second-order valence-electron chi connectivity index (χ2n) is 3.53. The minimum absolute atomic E-state index is 0.545. The first-order valence-corrected chi connectivity index (χ1v) is 5.31. The predicted octanol–water partition coefficient (Wildman–Crippen LogP) is 1.63. The van der Waals surface area contributed by atoms with Crippen molar-refractivity contribution in [1.82, 2.24) is 10.7 Å². The average molecular weight is 223 g/mol. The molecule has 5 heteroatoms. The first-order valence-electron chi connectivity index (χ1n) is 4.90. The molecule has 2 N–H and O–H groups in total. The van der Waals surface area contributed by atoms with Gasteiger partial charge in [0.2, 0.25) is 0 Å². The predicted molar refractivity (Wildman–Crippen MR) is 62.8 cm³/mol. The molecule has 2 rings (SSSR count). The zero-order valence-electron chi connectivity index (χ0n) is 8.49. The molecular formula is C10H13N3OS. The lowest BCUT2D eigenvalue weighted by Gasteiger charge is -2.05. The van der Waals surface area contributed by atoms with Crippen molar-refractivity contribution in [3.63, 3.8) is 0 Å². The molecule has 0 amide bonds. The Bertz CT molecular complexity index is 368. The van der Waals surface area contributed by atoms with Crippen LogP contribution in [0.5, 0.6) is 0 Å². The van der Waals surface area contributed by atoms with Crippen LogP contribution in [0.3, 0.4) is 0 Å². The maximum Gasteiger partial charge on any atom is 0.187 e. The van der Waals surface area contributed by atoms with Crippen LogP contribution in [-0.4, -0.2) is 16.9 Å². The van der Waals surface area contributed by atoms with Crippen molar-refractivity contribution in [3.8, 4) is 0 Å². The van der Waals surface area contributed by atoms with Gasteiger partial charge in [0.1, 0.15) is 11.5 Å². The zero-order chi connectivity index (χ0) is 10.7. The molecule has 1 aromatic rings. The van der Waals surface area contributed by atoms with Gasteiger partial charge in [0.25, 0.3) is 0 Å². The summed E-state index contributed by atoms with van der Waals surface area (Å²) in [5.41, 5.74) is 3.57. The van der Waals surface area contributed by atoms with Crippen LogP contribution in [0.1, 0.15) is 25.5 Å². The Hall–Kier alpha value is -1.36. The number of thiocarbonyl (C=S) groups is 1. The molecule has 0 bridgehead atoms. The molecule has 0 aliphatic heterocycles. The third kappa shape index (κ3) is 3.06. The van der Waals surface area contributed by atoms with E-state index >= 15 is 0 Å². The van der Waals surface area contributed by atoms with Gasteiger partial charge in [0.05, 0.1) is 6.26 Å². The van der Waals surface area contributed by atoms with Gasteiger partial charge in [0, 0.05) is 6.04 Å². The number of hydrazone groups is 1. The molecular weight excluding hydrogens is 210 g/mol. The Morgan fingerprint density at radius 1 is 1.60 bits per heavy atom. The molecule has 0 spiro atoms. The monoisotopic (exact) mass is 223 g/mol. The molecule has 0 saturated heterocycles. The van der Waals surface area contributed by atoms with E-state index in [1.165, 1.54) is 12.8 Å². The number of hydrogen-bond donors (Lipinski definition) is 2. The van der Waals surface area contributed by atoms with E-state index in [-0.39, 0.29) is 0 Å². The fourth-order valence-corrected chi connectivity index (χ4v) is 1.33. The normalized spacial score (nSPS) is 16.2. The third-order valence-electron chi connectivity index (χ3n) is 2.12. The lowest BCUT2D eigenvalue weighted by molar-refractivity contribution is 0.556. The maximum absolute atomic E-state index is 5.19. The van der Waals surface area contributed by atoms with E-state index in [9.17, 15) is 0 Å². The number of rotatable bonds is 3. The topological polar surface area (TPSA) is 49.6 Å². The Morgan fingerprint density at radius 2 is 2.40 bits per heavy atom. The van der Waals surface area contributed by atoms with E-state index in [2.05, 4.69) is 15.8 Å². The van der Waals surface area contributed by atoms with Crippen LogP contribution in [0, 0.1) is 0 Å². The molecule has 1 aliphatic carbocycles. The van der Waals surface area contributed by atoms with Crippen molar-refractivity contribution >= 4 is 23.0 Å². The van der Waals surface area contributed by atoms with E-state index in [1.54, 1.807) is 6.26 Å². The minimum atomic E-state index is 0.545. The average Bonchev–Trinajstić information content (AvgIpc) is 2.86. The summed E-state index contributed by atoms with van der Waals surface area (Å²) in [6.45, 7) is 1.87. The summed E-state index contributed by atoms with van der Waals surface area (Å²) in [7, 11) is 0.